The van der Waals surface area contributed by atoms with E-state index >= 15 is 0 Å². The van der Waals surface area contributed by atoms with Crippen molar-refractivity contribution in [2.75, 3.05) is 11.9 Å². The van der Waals surface area contributed by atoms with Crippen LogP contribution in [0.2, 0.25) is 5.02 Å². The lowest BCUT2D eigenvalue weighted by atomic mass is 10.1. The Morgan fingerprint density at radius 3 is 2.38 bits per heavy atom. The molecule has 32 heavy (non-hydrogen) atoms. The molecule has 10 heteroatoms. The summed E-state index contributed by atoms with van der Waals surface area (Å²) in [5.41, 5.74) is 7.29. The standard InChI is InChI=1S/C22H23BrClN3O5/c1-13-14(2)18(11-10-16(13)23)25-20(29)12-32-21(30)9-5-8-19(28)26-27-22(31)15-6-3-4-7-17(15)24/h3-4,6-7,10-11H,5,8-9,12H2,1-2H3,(H,25,29)(H,26,28)(H,27,31). The van der Waals surface area contributed by atoms with E-state index in [4.69, 9.17) is 16.3 Å². The summed E-state index contributed by atoms with van der Waals surface area (Å²) in [5.74, 6) is -2.08. The number of esters is 1. The number of amides is 3. The normalized spacial score (nSPS) is 10.2. The van der Waals surface area contributed by atoms with Gasteiger partial charge in [0.05, 0.1) is 10.6 Å². The molecule has 0 spiro atoms. The monoisotopic (exact) mass is 523 g/mol. The number of carbonyl (C=O) groups is 4. The molecule has 0 aliphatic carbocycles. The zero-order valence-electron chi connectivity index (χ0n) is 17.6. The molecule has 3 N–H and O–H groups in total. The number of anilines is 1. The summed E-state index contributed by atoms with van der Waals surface area (Å²) in [4.78, 5) is 47.6. The fourth-order valence-corrected chi connectivity index (χ4v) is 3.27. The van der Waals surface area contributed by atoms with Gasteiger partial charge in [-0.3, -0.25) is 30.0 Å². The predicted octanol–water partition coefficient (Wildman–Crippen LogP) is 3.83. The minimum atomic E-state index is -0.600. The van der Waals surface area contributed by atoms with Crippen molar-refractivity contribution in [3.8, 4) is 0 Å². The molecule has 0 saturated heterocycles. The lowest BCUT2D eigenvalue weighted by Gasteiger charge is -2.12. The molecule has 2 aromatic carbocycles. The van der Waals surface area contributed by atoms with E-state index in [9.17, 15) is 19.2 Å². The number of benzene rings is 2. The lowest BCUT2D eigenvalue weighted by Crippen LogP contribution is -2.41. The average molecular weight is 525 g/mol. The predicted molar refractivity (Wildman–Crippen MR) is 124 cm³/mol. The molecule has 0 bridgehead atoms. The molecular weight excluding hydrogens is 502 g/mol. The molecule has 170 valence electrons. The first-order valence-electron chi connectivity index (χ1n) is 9.74. The highest BCUT2D eigenvalue weighted by Gasteiger charge is 2.13. The van der Waals surface area contributed by atoms with Gasteiger partial charge in [-0.15, -0.1) is 0 Å². The number of carbonyl (C=O) groups excluding carboxylic acids is 4. The van der Waals surface area contributed by atoms with Crippen molar-refractivity contribution in [1.82, 2.24) is 10.9 Å². The van der Waals surface area contributed by atoms with E-state index in [0.717, 1.165) is 15.6 Å². The molecule has 0 radical (unpaired) electrons. The summed E-state index contributed by atoms with van der Waals surface area (Å²) in [6.45, 7) is 3.38. The van der Waals surface area contributed by atoms with Crippen LogP contribution in [0.3, 0.4) is 0 Å². The maximum Gasteiger partial charge on any atom is 0.306 e. The van der Waals surface area contributed by atoms with Crippen LogP contribution in [0.15, 0.2) is 40.9 Å². The van der Waals surface area contributed by atoms with Crippen molar-refractivity contribution in [2.45, 2.75) is 33.1 Å². The minimum Gasteiger partial charge on any atom is -0.456 e. The molecule has 0 atom stereocenters. The first-order chi connectivity index (χ1) is 15.2. The third-order valence-corrected chi connectivity index (χ3v) is 5.77. The van der Waals surface area contributed by atoms with Crippen molar-refractivity contribution in [3.63, 3.8) is 0 Å². The Kier molecular flexibility index (Phi) is 9.67. The number of ether oxygens (including phenoxy) is 1. The molecule has 0 unspecified atom stereocenters. The van der Waals surface area contributed by atoms with Gasteiger partial charge in [0.1, 0.15) is 0 Å². The fraction of sp³-hybridized carbons (Fsp3) is 0.273. The van der Waals surface area contributed by atoms with Crippen LogP contribution in [-0.2, 0) is 19.1 Å². The smallest absolute Gasteiger partial charge is 0.306 e. The van der Waals surface area contributed by atoms with Gasteiger partial charge in [0, 0.05) is 23.0 Å². The Balaban J connectivity index is 1.65. The summed E-state index contributed by atoms with van der Waals surface area (Å²) >= 11 is 9.34. The first-order valence-corrected chi connectivity index (χ1v) is 10.9. The van der Waals surface area contributed by atoms with Gasteiger partial charge in [-0.05, 0) is 55.7 Å². The van der Waals surface area contributed by atoms with Crippen molar-refractivity contribution >= 4 is 56.9 Å². The van der Waals surface area contributed by atoms with Crippen LogP contribution >= 0.6 is 27.5 Å². The molecule has 0 saturated carbocycles. The second-order valence-electron chi connectivity index (χ2n) is 6.89. The highest BCUT2D eigenvalue weighted by molar-refractivity contribution is 9.10. The van der Waals surface area contributed by atoms with Gasteiger partial charge < -0.3 is 10.1 Å². The Hall–Kier alpha value is -2.91. The van der Waals surface area contributed by atoms with E-state index in [-0.39, 0.29) is 29.8 Å². The number of halogens is 2. The van der Waals surface area contributed by atoms with E-state index in [1.54, 1.807) is 24.3 Å². The van der Waals surface area contributed by atoms with Gasteiger partial charge in [-0.1, -0.05) is 39.7 Å². The van der Waals surface area contributed by atoms with E-state index in [1.165, 1.54) is 6.07 Å². The SMILES string of the molecule is Cc1c(Br)ccc(NC(=O)COC(=O)CCCC(=O)NNC(=O)c2ccccc2Cl)c1C. The van der Waals surface area contributed by atoms with E-state index in [2.05, 4.69) is 32.1 Å². The molecular formula is C22H23BrClN3O5. The van der Waals surface area contributed by atoms with Crippen molar-refractivity contribution in [2.24, 2.45) is 0 Å². The highest BCUT2D eigenvalue weighted by atomic mass is 79.9. The molecule has 2 aromatic rings. The number of rotatable bonds is 8. The molecule has 3 amide bonds. The molecule has 0 aliphatic rings. The second-order valence-corrected chi connectivity index (χ2v) is 8.15. The lowest BCUT2D eigenvalue weighted by molar-refractivity contribution is -0.147. The number of hydrogen-bond donors (Lipinski definition) is 3. The third-order valence-electron chi connectivity index (χ3n) is 4.58. The maximum atomic E-state index is 12.0. The van der Waals surface area contributed by atoms with Gasteiger partial charge in [0.2, 0.25) is 5.91 Å². The number of nitrogens with one attached hydrogen (secondary N) is 3. The molecule has 0 aromatic heterocycles. The largest absolute Gasteiger partial charge is 0.456 e. The van der Waals surface area contributed by atoms with Crippen LogP contribution in [0.5, 0.6) is 0 Å². The van der Waals surface area contributed by atoms with Crippen LogP contribution in [0.1, 0.15) is 40.7 Å². The zero-order chi connectivity index (χ0) is 23.7. The molecule has 2 rings (SSSR count). The van der Waals surface area contributed by atoms with Gasteiger partial charge in [-0.25, -0.2) is 0 Å². The summed E-state index contributed by atoms with van der Waals surface area (Å²) < 4.78 is 5.88. The van der Waals surface area contributed by atoms with Gasteiger partial charge >= 0.3 is 5.97 Å². The summed E-state index contributed by atoms with van der Waals surface area (Å²) in [6, 6.07) is 10.0. The molecule has 0 heterocycles. The summed E-state index contributed by atoms with van der Waals surface area (Å²) in [6.07, 6.45) is 0.135. The van der Waals surface area contributed by atoms with E-state index in [1.807, 2.05) is 19.9 Å². The zero-order valence-corrected chi connectivity index (χ0v) is 19.9. The van der Waals surface area contributed by atoms with Crippen LogP contribution in [0.25, 0.3) is 0 Å². The first kappa shape index (κ1) is 25.4. The van der Waals surface area contributed by atoms with Crippen LogP contribution < -0.4 is 16.2 Å². The molecule has 8 nitrogen and oxygen atoms in total. The molecule has 0 aliphatic heterocycles. The van der Waals surface area contributed by atoms with Crippen molar-refractivity contribution in [1.29, 1.82) is 0 Å². The quantitative estimate of drug-likeness (QED) is 0.359. The Bertz CT molecular complexity index is 1030. The van der Waals surface area contributed by atoms with Crippen LogP contribution in [0, 0.1) is 13.8 Å². The average Bonchev–Trinajstić information content (AvgIpc) is 2.77. The van der Waals surface area contributed by atoms with Gasteiger partial charge in [0.15, 0.2) is 6.61 Å². The highest BCUT2D eigenvalue weighted by Crippen LogP contribution is 2.25. The summed E-state index contributed by atoms with van der Waals surface area (Å²) in [5, 5.41) is 2.96. The Labute approximate surface area is 199 Å². The van der Waals surface area contributed by atoms with Crippen LogP contribution in [0.4, 0.5) is 5.69 Å². The van der Waals surface area contributed by atoms with Crippen molar-refractivity contribution < 1.29 is 23.9 Å². The van der Waals surface area contributed by atoms with Crippen LogP contribution in [-0.4, -0.2) is 30.3 Å². The topological polar surface area (TPSA) is 114 Å². The number of hydrogen-bond acceptors (Lipinski definition) is 5. The molecule has 0 fully saturated rings. The maximum absolute atomic E-state index is 12.0. The number of hydrazine groups is 1. The third kappa shape index (κ3) is 7.65. The summed E-state index contributed by atoms with van der Waals surface area (Å²) in [7, 11) is 0. The van der Waals surface area contributed by atoms with E-state index < -0.39 is 30.3 Å². The van der Waals surface area contributed by atoms with Gasteiger partial charge in [0.25, 0.3) is 11.8 Å². The Morgan fingerprint density at radius 1 is 0.938 bits per heavy atom. The van der Waals surface area contributed by atoms with Gasteiger partial charge in [-0.2, -0.15) is 0 Å². The minimum absolute atomic E-state index is 0.0124. The fourth-order valence-electron chi connectivity index (χ4n) is 2.62. The van der Waals surface area contributed by atoms with E-state index in [0.29, 0.717) is 5.69 Å². The van der Waals surface area contributed by atoms with Crippen molar-refractivity contribution in [3.05, 3.63) is 62.6 Å². The Morgan fingerprint density at radius 2 is 1.66 bits per heavy atom. The second kappa shape index (κ2) is 12.2.